The molecule has 5 rings (SSSR count). The van der Waals surface area contributed by atoms with Gasteiger partial charge in [-0.3, -0.25) is 38.3 Å². The van der Waals surface area contributed by atoms with Gasteiger partial charge in [0.15, 0.2) is 5.78 Å². The minimum absolute atomic E-state index is 0.0252. The molecule has 2 aliphatic rings. The summed E-state index contributed by atoms with van der Waals surface area (Å²) in [5.74, 6) is -6.08. The van der Waals surface area contributed by atoms with E-state index in [-0.39, 0.29) is 31.5 Å². The molecule has 0 saturated carbocycles. The van der Waals surface area contributed by atoms with Gasteiger partial charge in [0.25, 0.3) is 20.2 Å². The zero-order valence-corrected chi connectivity index (χ0v) is 25.2. The summed E-state index contributed by atoms with van der Waals surface area (Å²) in [7, 11) is -9.46. The van der Waals surface area contributed by atoms with Gasteiger partial charge in [-0.25, -0.2) is 19.0 Å². The molecule has 3 aromatic rings. The second-order valence-electron chi connectivity index (χ2n) is 9.98. The third-order valence-electron chi connectivity index (χ3n) is 6.98. The lowest BCUT2D eigenvalue weighted by molar-refractivity contribution is 0.0978. The first-order valence-electron chi connectivity index (χ1n) is 13.2. The summed E-state index contributed by atoms with van der Waals surface area (Å²) >= 11 is 0. The SMILES string of the molecule is O=C1C=C(N(CCS(=O)(=O)O)n2c(=O)[nH]c(=O)n(C3=C(NCCS(=O)(=O)O)C(=O)c4ccccc4C3=O)c2=O)C(=O)c2ccccc21. The van der Waals surface area contributed by atoms with Crippen LogP contribution in [0.25, 0.3) is 5.70 Å². The van der Waals surface area contributed by atoms with Crippen molar-refractivity contribution < 1.29 is 45.1 Å². The molecule has 0 fully saturated rings. The fourth-order valence-electron chi connectivity index (χ4n) is 4.95. The lowest BCUT2D eigenvalue weighted by Gasteiger charge is -2.29. The molecule has 0 bridgehead atoms. The highest BCUT2D eigenvalue weighted by Crippen LogP contribution is 2.27. The first-order valence-corrected chi connectivity index (χ1v) is 16.4. The maximum atomic E-state index is 14.1. The maximum absolute atomic E-state index is 14.1. The van der Waals surface area contributed by atoms with E-state index in [2.05, 4.69) is 5.32 Å². The van der Waals surface area contributed by atoms with Gasteiger partial charge in [0.1, 0.15) is 17.1 Å². The van der Waals surface area contributed by atoms with Crippen molar-refractivity contribution in [2.24, 2.45) is 0 Å². The van der Waals surface area contributed by atoms with Gasteiger partial charge in [-0.1, -0.05) is 48.5 Å². The third kappa shape index (κ3) is 6.29. The van der Waals surface area contributed by atoms with Crippen LogP contribution in [0.2, 0.25) is 0 Å². The Balaban J connectivity index is 1.77. The Bertz CT molecular complexity index is 2380. The molecular formula is C27H21N5O13S2. The molecule has 4 N–H and O–H groups in total. The van der Waals surface area contributed by atoms with Gasteiger partial charge in [0.2, 0.25) is 17.3 Å². The number of carbonyl (C=O) groups excluding carboxylic acids is 4. The first-order chi connectivity index (χ1) is 22.0. The normalized spacial score (nSPS) is 14.9. The van der Waals surface area contributed by atoms with Crippen molar-refractivity contribution >= 4 is 49.1 Å². The number of hydrogen-bond donors (Lipinski definition) is 4. The average Bonchev–Trinajstić information content (AvgIpc) is 2.99. The van der Waals surface area contributed by atoms with Crippen molar-refractivity contribution in [3.63, 3.8) is 0 Å². The highest BCUT2D eigenvalue weighted by molar-refractivity contribution is 7.86. The van der Waals surface area contributed by atoms with Gasteiger partial charge in [-0.15, -0.1) is 4.68 Å². The Morgan fingerprint density at radius 3 is 1.81 bits per heavy atom. The molecule has 2 aliphatic carbocycles. The van der Waals surface area contributed by atoms with E-state index in [9.17, 15) is 55.0 Å². The molecular weight excluding hydrogens is 666 g/mol. The van der Waals surface area contributed by atoms with Crippen LogP contribution in [-0.2, 0) is 20.2 Å². The van der Waals surface area contributed by atoms with Crippen LogP contribution in [-0.4, -0.2) is 87.9 Å². The minimum atomic E-state index is -4.85. The summed E-state index contributed by atoms with van der Waals surface area (Å²) in [6, 6.07) is 10.6. The van der Waals surface area contributed by atoms with Gasteiger partial charge in [0, 0.05) is 34.9 Å². The Morgan fingerprint density at radius 1 is 0.702 bits per heavy atom. The Morgan fingerprint density at radius 2 is 1.23 bits per heavy atom. The lowest BCUT2D eigenvalue weighted by Crippen LogP contribution is -2.59. The molecule has 0 aliphatic heterocycles. The number of ketones is 4. The fraction of sp³-hybridized carbons (Fsp3) is 0.148. The molecule has 1 heterocycles. The van der Waals surface area contributed by atoms with Crippen LogP contribution >= 0.6 is 0 Å². The summed E-state index contributed by atoms with van der Waals surface area (Å²) in [5.41, 5.74) is -8.17. The molecule has 1 aromatic heterocycles. The van der Waals surface area contributed by atoms with E-state index >= 15 is 0 Å². The largest absolute Gasteiger partial charge is 0.379 e. The van der Waals surface area contributed by atoms with E-state index < -0.39 is 102 Å². The molecule has 0 spiro atoms. The third-order valence-corrected chi connectivity index (χ3v) is 8.40. The molecule has 244 valence electrons. The second-order valence-corrected chi connectivity index (χ2v) is 13.1. The fourth-order valence-corrected chi connectivity index (χ4v) is 5.71. The number of aromatic nitrogens is 3. The smallest absolute Gasteiger partial charge is 0.360 e. The Kier molecular flexibility index (Phi) is 8.36. The van der Waals surface area contributed by atoms with Gasteiger partial charge in [0.05, 0.1) is 18.1 Å². The number of nitrogens with zero attached hydrogens (tertiary/aromatic N) is 3. The van der Waals surface area contributed by atoms with Gasteiger partial charge >= 0.3 is 17.1 Å². The average molecular weight is 688 g/mol. The topological polar surface area (TPSA) is 269 Å². The van der Waals surface area contributed by atoms with Crippen molar-refractivity contribution in [2.75, 3.05) is 29.6 Å². The quantitative estimate of drug-likeness (QED) is 0.171. The molecule has 2 aromatic carbocycles. The minimum Gasteiger partial charge on any atom is -0.379 e. The number of Topliss-reactive ketones (excluding diaryl/α,β-unsaturated/α-hetero) is 3. The maximum Gasteiger partial charge on any atom is 0.360 e. The molecule has 0 atom stereocenters. The number of H-pyrrole nitrogens is 1. The van der Waals surface area contributed by atoms with Crippen molar-refractivity contribution in [1.82, 2.24) is 19.5 Å². The number of fused-ring (bicyclic) bond motifs is 2. The van der Waals surface area contributed by atoms with Crippen LogP contribution in [0.1, 0.15) is 41.4 Å². The van der Waals surface area contributed by atoms with Crippen LogP contribution < -0.4 is 27.4 Å². The predicted molar refractivity (Wildman–Crippen MR) is 161 cm³/mol. The van der Waals surface area contributed by atoms with Crippen molar-refractivity contribution in [3.05, 3.63) is 120 Å². The van der Waals surface area contributed by atoms with E-state index in [0.29, 0.717) is 11.1 Å². The summed E-state index contributed by atoms with van der Waals surface area (Å²) in [5, 5.41) is 2.74. The monoisotopic (exact) mass is 687 g/mol. The molecule has 0 saturated heterocycles. The number of rotatable bonds is 10. The highest BCUT2D eigenvalue weighted by atomic mass is 32.2. The summed E-state index contributed by atoms with van der Waals surface area (Å²) in [6.07, 6.45) is 0.698. The van der Waals surface area contributed by atoms with Crippen LogP contribution in [0.3, 0.4) is 0 Å². The van der Waals surface area contributed by atoms with Crippen LogP contribution in [0.5, 0.6) is 0 Å². The van der Waals surface area contributed by atoms with Gasteiger partial charge in [-0.2, -0.15) is 16.8 Å². The van der Waals surface area contributed by atoms with Crippen molar-refractivity contribution in [1.29, 1.82) is 0 Å². The molecule has 0 radical (unpaired) electrons. The highest BCUT2D eigenvalue weighted by Gasteiger charge is 2.37. The number of nitrogens with one attached hydrogen (secondary N) is 2. The number of allylic oxidation sites excluding steroid dienone is 4. The molecule has 47 heavy (non-hydrogen) atoms. The van der Waals surface area contributed by atoms with E-state index in [1.807, 2.05) is 0 Å². The van der Waals surface area contributed by atoms with E-state index in [1.165, 1.54) is 48.5 Å². The standard InChI is InChI=1S/C27H21N5O13S2/c33-19-13-18(22(34)15-6-2-1-5-14(15)19)30(10-12-47(43,44)45)32-26(38)29-25(37)31(27(32)39)21-20(28-9-11-46(40,41)42)23(35)16-7-3-4-8-17(16)24(21)36/h1-8,13,28H,9-12H2,(H,29,37,38)(H,40,41,42)(H,43,44,45). The summed E-state index contributed by atoms with van der Waals surface area (Å²) in [4.78, 5) is 95.8. The first kappa shape index (κ1) is 32.8. The Labute approximate surface area is 262 Å². The van der Waals surface area contributed by atoms with Crippen LogP contribution in [0.4, 0.5) is 0 Å². The van der Waals surface area contributed by atoms with E-state index in [4.69, 9.17) is 4.55 Å². The molecule has 20 heteroatoms. The lowest BCUT2D eigenvalue weighted by atomic mass is 9.90. The second kappa shape index (κ2) is 12.0. The number of carbonyl (C=O) groups is 4. The van der Waals surface area contributed by atoms with Crippen molar-refractivity contribution in [3.8, 4) is 0 Å². The number of benzene rings is 2. The number of hydrogen-bond acceptors (Lipinski definition) is 13. The zero-order chi connectivity index (χ0) is 34.4. The van der Waals surface area contributed by atoms with E-state index in [1.54, 1.807) is 4.98 Å². The molecule has 0 unspecified atom stereocenters. The van der Waals surface area contributed by atoms with Crippen LogP contribution in [0, 0.1) is 0 Å². The van der Waals surface area contributed by atoms with E-state index in [0.717, 1.165) is 0 Å². The summed E-state index contributed by atoms with van der Waals surface area (Å²) < 4.78 is 64.7. The number of aromatic amines is 1. The van der Waals surface area contributed by atoms with Crippen molar-refractivity contribution in [2.45, 2.75) is 0 Å². The molecule has 18 nitrogen and oxygen atoms in total. The van der Waals surface area contributed by atoms with Gasteiger partial charge < -0.3 is 5.32 Å². The zero-order valence-electron chi connectivity index (χ0n) is 23.6. The predicted octanol–water partition coefficient (Wildman–Crippen LogP) is -1.79. The van der Waals surface area contributed by atoms with Gasteiger partial charge in [-0.05, 0) is 0 Å². The molecule has 0 amide bonds. The summed E-state index contributed by atoms with van der Waals surface area (Å²) in [6.45, 7) is -1.73. The van der Waals surface area contributed by atoms with Crippen LogP contribution in [0.15, 0.2) is 80.4 Å². The Hall–Kier alpha value is -5.57.